The van der Waals surface area contributed by atoms with Gasteiger partial charge in [0.05, 0.1) is 12.8 Å². The number of nitrogens with two attached hydrogens (primary N) is 1. The first-order chi connectivity index (χ1) is 9.69. The number of rotatable bonds is 6. The van der Waals surface area contributed by atoms with Crippen molar-refractivity contribution in [3.63, 3.8) is 0 Å². The fourth-order valence-corrected chi connectivity index (χ4v) is 2.18. The van der Waals surface area contributed by atoms with E-state index in [0.29, 0.717) is 10.9 Å². The van der Waals surface area contributed by atoms with Crippen LogP contribution in [0.4, 0.5) is 10.9 Å². The number of nitrogens with one attached hydrogen (secondary N) is 1. The maximum atomic E-state index is 5.64. The van der Waals surface area contributed by atoms with Gasteiger partial charge in [0.15, 0.2) is 0 Å². The van der Waals surface area contributed by atoms with Crippen LogP contribution in [0.2, 0.25) is 0 Å². The summed E-state index contributed by atoms with van der Waals surface area (Å²) < 4.78 is 5.64. The van der Waals surface area contributed by atoms with Gasteiger partial charge in [-0.15, -0.1) is 11.3 Å². The van der Waals surface area contributed by atoms with E-state index in [1.165, 1.54) is 11.3 Å². The van der Waals surface area contributed by atoms with E-state index in [4.69, 9.17) is 10.5 Å². The predicted octanol–water partition coefficient (Wildman–Crippen LogP) is 3.27. The van der Waals surface area contributed by atoms with E-state index in [9.17, 15) is 0 Å². The Kier molecular flexibility index (Phi) is 4.95. The van der Waals surface area contributed by atoms with Crippen molar-refractivity contribution in [3.05, 3.63) is 34.7 Å². The maximum absolute atomic E-state index is 5.64. The van der Waals surface area contributed by atoms with Gasteiger partial charge in [0.1, 0.15) is 11.6 Å². The SMILES string of the molecule is CCCOc1ccc(C=NNc2nc(N)cs2)cc1C. The number of aromatic nitrogens is 1. The molecule has 2 aromatic rings. The normalized spacial score (nSPS) is 10.9. The fourth-order valence-electron chi connectivity index (χ4n) is 1.63. The number of hydrogen-bond acceptors (Lipinski definition) is 6. The summed E-state index contributed by atoms with van der Waals surface area (Å²) in [6, 6.07) is 5.97. The lowest BCUT2D eigenvalue weighted by Crippen LogP contribution is -1.98. The highest BCUT2D eigenvalue weighted by molar-refractivity contribution is 7.14. The third kappa shape index (κ3) is 3.96. The number of anilines is 2. The van der Waals surface area contributed by atoms with Gasteiger partial charge in [-0.1, -0.05) is 6.92 Å². The number of benzene rings is 1. The summed E-state index contributed by atoms with van der Waals surface area (Å²) >= 11 is 1.42. The van der Waals surface area contributed by atoms with E-state index in [1.807, 2.05) is 25.1 Å². The van der Waals surface area contributed by atoms with E-state index in [-0.39, 0.29) is 0 Å². The molecule has 1 heterocycles. The summed E-state index contributed by atoms with van der Waals surface area (Å²) in [6.45, 7) is 4.85. The molecule has 1 aromatic heterocycles. The Morgan fingerprint density at radius 1 is 1.50 bits per heavy atom. The monoisotopic (exact) mass is 290 g/mol. The summed E-state index contributed by atoms with van der Waals surface area (Å²) in [6.07, 6.45) is 2.75. The first-order valence-electron chi connectivity index (χ1n) is 6.42. The second-order valence-electron chi connectivity index (χ2n) is 4.32. The van der Waals surface area contributed by atoms with E-state index in [1.54, 1.807) is 11.6 Å². The summed E-state index contributed by atoms with van der Waals surface area (Å²) in [5.41, 5.74) is 10.5. The Bertz CT molecular complexity index is 595. The number of nitrogens with zero attached hydrogens (tertiary/aromatic N) is 2. The summed E-state index contributed by atoms with van der Waals surface area (Å²) in [5, 5.41) is 6.58. The minimum absolute atomic E-state index is 0.501. The molecule has 0 amide bonds. The zero-order valence-electron chi connectivity index (χ0n) is 11.6. The van der Waals surface area contributed by atoms with Gasteiger partial charge in [0, 0.05) is 5.38 Å². The number of aryl methyl sites for hydroxylation is 1. The van der Waals surface area contributed by atoms with Gasteiger partial charge in [0.2, 0.25) is 5.13 Å². The van der Waals surface area contributed by atoms with Gasteiger partial charge in [0.25, 0.3) is 0 Å². The number of nitrogen functional groups attached to an aromatic ring is 1. The van der Waals surface area contributed by atoms with Crippen LogP contribution < -0.4 is 15.9 Å². The van der Waals surface area contributed by atoms with Crippen LogP contribution in [0, 0.1) is 6.92 Å². The minimum Gasteiger partial charge on any atom is -0.493 e. The minimum atomic E-state index is 0.501. The molecule has 2 rings (SSSR count). The molecule has 0 atom stereocenters. The van der Waals surface area contributed by atoms with Crippen LogP contribution in [-0.4, -0.2) is 17.8 Å². The lowest BCUT2D eigenvalue weighted by atomic mass is 10.1. The largest absolute Gasteiger partial charge is 0.493 e. The molecule has 0 saturated heterocycles. The zero-order chi connectivity index (χ0) is 14.4. The standard InChI is InChI=1S/C14H18N4OS/c1-3-6-19-12-5-4-11(7-10(12)2)8-16-18-14-17-13(15)9-20-14/h4-5,7-9H,3,6,15H2,1-2H3,(H,17,18). The molecule has 6 heteroatoms. The van der Waals surface area contributed by atoms with Gasteiger partial charge in [-0.3, -0.25) is 5.43 Å². The van der Waals surface area contributed by atoms with Crippen molar-refractivity contribution in [3.8, 4) is 5.75 Å². The first kappa shape index (κ1) is 14.3. The number of hydrazone groups is 1. The quantitative estimate of drug-likeness (QED) is 0.632. The summed E-state index contributed by atoms with van der Waals surface area (Å²) in [7, 11) is 0. The molecule has 0 aliphatic carbocycles. The van der Waals surface area contributed by atoms with Crippen LogP contribution in [0.25, 0.3) is 0 Å². The smallest absolute Gasteiger partial charge is 0.205 e. The molecule has 3 N–H and O–H groups in total. The lowest BCUT2D eigenvalue weighted by molar-refractivity contribution is 0.315. The first-order valence-corrected chi connectivity index (χ1v) is 7.30. The highest BCUT2D eigenvalue weighted by Crippen LogP contribution is 2.19. The predicted molar refractivity (Wildman–Crippen MR) is 84.7 cm³/mol. The zero-order valence-corrected chi connectivity index (χ0v) is 12.4. The van der Waals surface area contributed by atoms with Crippen LogP contribution in [-0.2, 0) is 0 Å². The van der Waals surface area contributed by atoms with E-state index in [2.05, 4.69) is 22.4 Å². The van der Waals surface area contributed by atoms with Crippen molar-refractivity contribution in [2.45, 2.75) is 20.3 Å². The van der Waals surface area contributed by atoms with Crippen LogP contribution >= 0.6 is 11.3 Å². The van der Waals surface area contributed by atoms with Gasteiger partial charge in [-0.25, -0.2) is 4.98 Å². The molecule has 0 saturated carbocycles. The lowest BCUT2D eigenvalue weighted by Gasteiger charge is -2.08. The Hall–Kier alpha value is -2.08. The average molecular weight is 290 g/mol. The molecule has 0 aliphatic heterocycles. The van der Waals surface area contributed by atoms with Crippen LogP contribution in [0.5, 0.6) is 5.75 Å². The third-order valence-corrected chi connectivity index (χ3v) is 3.32. The van der Waals surface area contributed by atoms with E-state index < -0.39 is 0 Å². The van der Waals surface area contributed by atoms with Gasteiger partial charge in [-0.05, 0) is 42.7 Å². The summed E-state index contributed by atoms with van der Waals surface area (Å²) in [4.78, 5) is 4.06. The fraction of sp³-hybridized carbons (Fsp3) is 0.286. The molecule has 0 aliphatic rings. The summed E-state index contributed by atoms with van der Waals surface area (Å²) in [5.74, 6) is 1.42. The van der Waals surface area contributed by atoms with E-state index in [0.717, 1.165) is 29.9 Å². The molecular formula is C14H18N4OS. The topological polar surface area (TPSA) is 72.5 Å². The van der Waals surface area contributed by atoms with Crippen molar-refractivity contribution < 1.29 is 4.74 Å². The van der Waals surface area contributed by atoms with Crippen molar-refractivity contribution >= 4 is 28.5 Å². The van der Waals surface area contributed by atoms with Crippen molar-refractivity contribution in [2.75, 3.05) is 17.8 Å². The second-order valence-corrected chi connectivity index (χ2v) is 5.18. The van der Waals surface area contributed by atoms with Gasteiger partial charge < -0.3 is 10.5 Å². The van der Waals surface area contributed by atoms with E-state index >= 15 is 0 Å². The molecule has 0 spiro atoms. The highest BCUT2D eigenvalue weighted by Gasteiger charge is 2.00. The molecular weight excluding hydrogens is 272 g/mol. The van der Waals surface area contributed by atoms with Crippen LogP contribution in [0.15, 0.2) is 28.7 Å². The van der Waals surface area contributed by atoms with Crippen molar-refractivity contribution in [1.29, 1.82) is 0 Å². The molecule has 0 unspecified atom stereocenters. The molecule has 106 valence electrons. The molecule has 20 heavy (non-hydrogen) atoms. The van der Waals surface area contributed by atoms with Crippen LogP contribution in [0.1, 0.15) is 24.5 Å². The Balaban J connectivity index is 1.97. The number of hydrogen-bond donors (Lipinski definition) is 2. The Morgan fingerprint density at radius 3 is 3.00 bits per heavy atom. The van der Waals surface area contributed by atoms with Gasteiger partial charge in [-0.2, -0.15) is 5.10 Å². The molecule has 5 nitrogen and oxygen atoms in total. The number of ether oxygens (including phenoxy) is 1. The molecule has 0 bridgehead atoms. The Morgan fingerprint density at radius 2 is 2.35 bits per heavy atom. The van der Waals surface area contributed by atoms with Crippen LogP contribution in [0.3, 0.4) is 0 Å². The molecule has 0 fully saturated rings. The number of thiazole rings is 1. The van der Waals surface area contributed by atoms with Crippen molar-refractivity contribution in [2.24, 2.45) is 5.10 Å². The third-order valence-electron chi connectivity index (χ3n) is 2.56. The maximum Gasteiger partial charge on any atom is 0.205 e. The highest BCUT2D eigenvalue weighted by atomic mass is 32.1. The molecule has 1 aromatic carbocycles. The van der Waals surface area contributed by atoms with Crippen molar-refractivity contribution in [1.82, 2.24) is 4.98 Å². The van der Waals surface area contributed by atoms with Gasteiger partial charge >= 0.3 is 0 Å². The average Bonchev–Trinajstić information content (AvgIpc) is 2.84. The Labute approximate surface area is 122 Å². The molecule has 0 radical (unpaired) electrons. The second kappa shape index (κ2) is 6.91.